The Morgan fingerprint density at radius 3 is 2.56 bits per heavy atom. The second-order valence-electron chi connectivity index (χ2n) is 4.99. The minimum absolute atomic E-state index is 0.153. The summed E-state index contributed by atoms with van der Waals surface area (Å²) in [6.07, 6.45) is 2.02. The third kappa shape index (κ3) is 2.30. The molecule has 1 fully saturated rings. The number of piperidine rings is 1. The van der Waals surface area contributed by atoms with E-state index in [-0.39, 0.29) is 17.7 Å². The Hall–Kier alpha value is -1.64. The van der Waals surface area contributed by atoms with Gasteiger partial charge in [0.05, 0.1) is 5.92 Å². The number of nitrogens with one attached hydrogen (secondary N) is 1. The van der Waals surface area contributed by atoms with Gasteiger partial charge < -0.3 is 0 Å². The summed E-state index contributed by atoms with van der Waals surface area (Å²) in [5.74, 6) is -0.481. The summed E-state index contributed by atoms with van der Waals surface area (Å²) in [5, 5.41) is 2.43. The molecule has 2 rings (SSSR count). The number of aryl methyl sites for hydroxylation is 3. The molecule has 1 atom stereocenters. The number of carbonyl (C=O) groups excluding carboxylic acids is 2. The Bertz CT molecular complexity index is 505. The van der Waals surface area contributed by atoms with Crippen molar-refractivity contribution in [1.29, 1.82) is 0 Å². The molecule has 0 radical (unpaired) electrons. The van der Waals surface area contributed by atoms with Gasteiger partial charge in [-0.15, -0.1) is 0 Å². The highest BCUT2D eigenvalue weighted by Gasteiger charge is 2.29. The first-order valence-electron chi connectivity index (χ1n) is 6.46. The highest BCUT2D eigenvalue weighted by molar-refractivity contribution is 6.01. The van der Waals surface area contributed by atoms with Gasteiger partial charge in [-0.1, -0.05) is 19.1 Å². The molecule has 0 spiro atoms. The van der Waals surface area contributed by atoms with E-state index < -0.39 is 0 Å². The number of hydrogen-bond acceptors (Lipinski definition) is 2. The monoisotopic (exact) mass is 245 g/mol. The van der Waals surface area contributed by atoms with Crippen molar-refractivity contribution < 1.29 is 9.59 Å². The van der Waals surface area contributed by atoms with E-state index in [0.717, 1.165) is 17.5 Å². The lowest BCUT2D eigenvalue weighted by Crippen LogP contribution is -2.39. The molecular weight excluding hydrogens is 226 g/mol. The molecule has 0 aromatic heterocycles. The number of rotatable bonds is 2. The van der Waals surface area contributed by atoms with E-state index in [2.05, 4.69) is 31.3 Å². The third-order valence-electron chi connectivity index (χ3n) is 3.72. The normalized spacial score (nSPS) is 19.8. The van der Waals surface area contributed by atoms with Crippen LogP contribution in [0.25, 0.3) is 0 Å². The molecule has 1 aliphatic rings. The van der Waals surface area contributed by atoms with E-state index in [1.165, 1.54) is 11.1 Å². The molecule has 96 valence electrons. The molecule has 1 aromatic carbocycles. The fraction of sp³-hybridized carbons (Fsp3) is 0.467. The Kier molecular flexibility index (Phi) is 3.50. The lowest BCUT2D eigenvalue weighted by atomic mass is 9.85. The van der Waals surface area contributed by atoms with Crippen LogP contribution >= 0.6 is 0 Å². The van der Waals surface area contributed by atoms with Gasteiger partial charge in [0.2, 0.25) is 11.8 Å². The van der Waals surface area contributed by atoms with Crippen molar-refractivity contribution >= 4 is 11.8 Å². The number of hydrogen-bond donors (Lipinski definition) is 1. The molecule has 0 saturated carbocycles. The molecule has 0 aliphatic carbocycles. The Balaban J connectivity index is 2.38. The number of carbonyl (C=O) groups is 2. The van der Waals surface area contributed by atoms with Crippen LogP contribution in [0.2, 0.25) is 0 Å². The maximum absolute atomic E-state index is 11.9. The zero-order valence-electron chi connectivity index (χ0n) is 11.2. The molecule has 18 heavy (non-hydrogen) atoms. The van der Waals surface area contributed by atoms with Crippen LogP contribution in [0.4, 0.5) is 0 Å². The van der Waals surface area contributed by atoms with Gasteiger partial charge in [0.15, 0.2) is 0 Å². The van der Waals surface area contributed by atoms with Crippen LogP contribution in [0.1, 0.15) is 47.9 Å². The largest absolute Gasteiger partial charge is 0.296 e. The van der Waals surface area contributed by atoms with Gasteiger partial charge in [-0.3, -0.25) is 14.9 Å². The van der Waals surface area contributed by atoms with Crippen molar-refractivity contribution in [2.24, 2.45) is 0 Å². The summed E-state index contributed by atoms with van der Waals surface area (Å²) in [7, 11) is 0. The first kappa shape index (κ1) is 12.8. The fourth-order valence-corrected chi connectivity index (χ4v) is 2.66. The number of imide groups is 1. The Labute approximate surface area is 108 Å². The van der Waals surface area contributed by atoms with Crippen LogP contribution < -0.4 is 5.32 Å². The lowest BCUT2D eigenvalue weighted by Gasteiger charge is -2.23. The summed E-state index contributed by atoms with van der Waals surface area (Å²) in [6.45, 7) is 6.25. The van der Waals surface area contributed by atoms with Crippen molar-refractivity contribution in [1.82, 2.24) is 5.32 Å². The first-order chi connectivity index (χ1) is 8.52. The van der Waals surface area contributed by atoms with Crippen molar-refractivity contribution in [3.05, 3.63) is 34.4 Å². The van der Waals surface area contributed by atoms with Gasteiger partial charge in [0.1, 0.15) is 0 Å². The van der Waals surface area contributed by atoms with Crippen LogP contribution in [0.15, 0.2) is 12.1 Å². The van der Waals surface area contributed by atoms with Gasteiger partial charge in [-0.05, 0) is 48.9 Å². The number of amides is 2. The quantitative estimate of drug-likeness (QED) is 0.813. The molecule has 1 N–H and O–H groups in total. The topological polar surface area (TPSA) is 46.2 Å². The summed E-state index contributed by atoms with van der Waals surface area (Å²) in [4.78, 5) is 23.1. The molecule has 1 heterocycles. The van der Waals surface area contributed by atoms with Crippen LogP contribution in [0.3, 0.4) is 0 Å². The second-order valence-corrected chi connectivity index (χ2v) is 4.99. The first-order valence-corrected chi connectivity index (χ1v) is 6.46. The minimum Gasteiger partial charge on any atom is -0.296 e. The van der Waals surface area contributed by atoms with E-state index >= 15 is 0 Å². The van der Waals surface area contributed by atoms with Gasteiger partial charge in [-0.2, -0.15) is 0 Å². The third-order valence-corrected chi connectivity index (χ3v) is 3.72. The minimum atomic E-state index is -0.173. The van der Waals surface area contributed by atoms with Crippen LogP contribution in [0.5, 0.6) is 0 Å². The van der Waals surface area contributed by atoms with Gasteiger partial charge in [0, 0.05) is 6.42 Å². The van der Waals surface area contributed by atoms with Gasteiger partial charge in [-0.25, -0.2) is 0 Å². The van der Waals surface area contributed by atoms with E-state index in [4.69, 9.17) is 0 Å². The summed E-state index contributed by atoms with van der Waals surface area (Å²) in [6, 6.07) is 4.27. The van der Waals surface area contributed by atoms with Crippen molar-refractivity contribution in [2.75, 3.05) is 0 Å². The lowest BCUT2D eigenvalue weighted by molar-refractivity contribution is -0.134. The molecule has 3 heteroatoms. The van der Waals surface area contributed by atoms with E-state index in [1.54, 1.807) is 0 Å². The average molecular weight is 245 g/mol. The van der Waals surface area contributed by atoms with Crippen molar-refractivity contribution in [2.45, 2.75) is 46.0 Å². The van der Waals surface area contributed by atoms with E-state index in [0.29, 0.717) is 12.8 Å². The zero-order valence-corrected chi connectivity index (χ0v) is 11.2. The molecule has 1 aliphatic heterocycles. The van der Waals surface area contributed by atoms with Crippen molar-refractivity contribution in [3.8, 4) is 0 Å². The van der Waals surface area contributed by atoms with Crippen LogP contribution in [0, 0.1) is 13.8 Å². The molecule has 1 aromatic rings. The maximum Gasteiger partial charge on any atom is 0.234 e. The standard InChI is InChI=1S/C15H19NO2/c1-4-11-8-13(10(3)7-9(11)2)12-5-6-14(17)16-15(12)18/h7-8,12H,4-6H2,1-3H3,(H,16,17,18). The Morgan fingerprint density at radius 1 is 1.22 bits per heavy atom. The summed E-state index contributed by atoms with van der Waals surface area (Å²) >= 11 is 0. The molecule has 2 amide bonds. The highest BCUT2D eigenvalue weighted by atomic mass is 16.2. The highest BCUT2D eigenvalue weighted by Crippen LogP contribution is 2.29. The summed E-state index contributed by atoms with van der Waals surface area (Å²) < 4.78 is 0. The second kappa shape index (κ2) is 4.92. The van der Waals surface area contributed by atoms with Gasteiger partial charge >= 0.3 is 0 Å². The van der Waals surface area contributed by atoms with E-state index in [9.17, 15) is 9.59 Å². The van der Waals surface area contributed by atoms with Crippen LogP contribution in [-0.4, -0.2) is 11.8 Å². The number of benzene rings is 1. The molecular formula is C15H19NO2. The van der Waals surface area contributed by atoms with Gasteiger partial charge in [0.25, 0.3) is 0 Å². The predicted molar refractivity (Wildman–Crippen MR) is 70.4 cm³/mol. The average Bonchev–Trinajstić information content (AvgIpc) is 2.30. The Morgan fingerprint density at radius 2 is 1.94 bits per heavy atom. The SMILES string of the molecule is CCc1cc(C2CCC(=O)NC2=O)c(C)cc1C. The molecule has 0 bridgehead atoms. The van der Waals surface area contributed by atoms with Crippen molar-refractivity contribution in [3.63, 3.8) is 0 Å². The summed E-state index contributed by atoms with van der Waals surface area (Å²) in [5.41, 5.74) is 4.76. The molecule has 3 nitrogen and oxygen atoms in total. The zero-order chi connectivity index (χ0) is 13.3. The predicted octanol–water partition coefficient (Wildman–Crippen LogP) is 2.39. The van der Waals surface area contributed by atoms with E-state index in [1.807, 2.05) is 6.92 Å². The smallest absolute Gasteiger partial charge is 0.234 e. The maximum atomic E-state index is 11.9. The fourth-order valence-electron chi connectivity index (χ4n) is 2.66. The van der Waals surface area contributed by atoms with Crippen LogP contribution in [-0.2, 0) is 16.0 Å². The molecule has 1 unspecified atom stereocenters. The molecule has 1 saturated heterocycles.